The van der Waals surface area contributed by atoms with Crippen LogP contribution in [0.5, 0.6) is 0 Å². The smallest absolute Gasteiger partial charge is 0.416 e. The summed E-state index contributed by atoms with van der Waals surface area (Å²) < 4.78 is 37.1. The number of aromatic carboxylic acids is 1. The molecule has 3 nitrogen and oxygen atoms in total. The zero-order valence-electron chi connectivity index (χ0n) is 8.43. The van der Waals surface area contributed by atoms with Crippen LogP contribution in [0.1, 0.15) is 22.8 Å². The molecule has 0 aliphatic rings. The Hall–Kier alpha value is -1.72. The second-order valence-corrected chi connectivity index (χ2v) is 3.09. The van der Waals surface area contributed by atoms with Crippen LogP contribution in [-0.2, 0) is 6.18 Å². The van der Waals surface area contributed by atoms with Gasteiger partial charge in [0.2, 0.25) is 0 Å². The molecule has 0 heterocycles. The van der Waals surface area contributed by atoms with E-state index in [4.69, 9.17) is 5.11 Å². The fourth-order valence-electron chi connectivity index (χ4n) is 1.24. The maximum absolute atomic E-state index is 12.4. The third kappa shape index (κ3) is 2.65. The van der Waals surface area contributed by atoms with Gasteiger partial charge in [0.05, 0.1) is 11.1 Å². The van der Waals surface area contributed by atoms with E-state index in [-0.39, 0.29) is 11.3 Å². The average molecular weight is 233 g/mol. The van der Waals surface area contributed by atoms with Crippen LogP contribution in [0.2, 0.25) is 0 Å². The highest BCUT2D eigenvalue weighted by atomic mass is 19.4. The molecule has 0 fully saturated rings. The van der Waals surface area contributed by atoms with E-state index in [2.05, 4.69) is 5.32 Å². The van der Waals surface area contributed by atoms with E-state index in [1.54, 1.807) is 6.92 Å². The van der Waals surface area contributed by atoms with Gasteiger partial charge >= 0.3 is 12.1 Å². The van der Waals surface area contributed by atoms with Gasteiger partial charge in [-0.2, -0.15) is 13.2 Å². The van der Waals surface area contributed by atoms with Gasteiger partial charge in [0.1, 0.15) is 0 Å². The number of hydrogen-bond acceptors (Lipinski definition) is 2. The minimum atomic E-state index is -4.47. The van der Waals surface area contributed by atoms with Crippen LogP contribution in [0.15, 0.2) is 18.2 Å². The van der Waals surface area contributed by atoms with Crippen molar-refractivity contribution in [2.75, 3.05) is 11.9 Å². The summed E-state index contributed by atoms with van der Waals surface area (Å²) in [6.07, 6.45) is -4.47. The Morgan fingerprint density at radius 2 is 2.06 bits per heavy atom. The highest BCUT2D eigenvalue weighted by Crippen LogP contribution is 2.32. The quantitative estimate of drug-likeness (QED) is 0.843. The molecule has 1 rings (SSSR count). The van der Waals surface area contributed by atoms with Crippen LogP contribution < -0.4 is 5.32 Å². The zero-order valence-corrected chi connectivity index (χ0v) is 8.43. The molecular weight excluding hydrogens is 223 g/mol. The summed E-state index contributed by atoms with van der Waals surface area (Å²) >= 11 is 0. The summed E-state index contributed by atoms with van der Waals surface area (Å²) in [7, 11) is 0. The van der Waals surface area contributed by atoms with Gasteiger partial charge in [-0.15, -0.1) is 0 Å². The first-order valence-electron chi connectivity index (χ1n) is 4.54. The lowest BCUT2D eigenvalue weighted by molar-refractivity contribution is -0.137. The van der Waals surface area contributed by atoms with Crippen molar-refractivity contribution in [3.8, 4) is 0 Å². The van der Waals surface area contributed by atoms with Crippen LogP contribution in [0, 0.1) is 0 Å². The molecule has 0 aromatic heterocycles. The van der Waals surface area contributed by atoms with E-state index in [1.165, 1.54) is 0 Å². The summed E-state index contributed by atoms with van der Waals surface area (Å²) in [5.74, 6) is -1.26. The van der Waals surface area contributed by atoms with Crippen LogP contribution in [0.25, 0.3) is 0 Å². The maximum Gasteiger partial charge on any atom is 0.416 e. The van der Waals surface area contributed by atoms with E-state index in [9.17, 15) is 18.0 Å². The normalized spacial score (nSPS) is 11.2. The molecule has 0 unspecified atom stereocenters. The third-order valence-electron chi connectivity index (χ3n) is 1.94. The van der Waals surface area contributed by atoms with Crippen molar-refractivity contribution >= 4 is 11.7 Å². The zero-order chi connectivity index (χ0) is 12.3. The molecular formula is C10H10F3NO2. The number of carboxylic acid groups (broad SMARTS) is 1. The molecule has 0 saturated carbocycles. The van der Waals surface area contributed by atoms with Gasteiger partial charge in [0.25, 0.3) is 0 Å². The molecule has 0 spiro atoms. The van der Waals surface area contributed by atoms with Gasteiger partial charge in [-0.1, -0.05) is 0 Å². The molecule has 2 N–H and O–H groups in total. The number of anilines is 1. The molecule has 0 saturated heterocycles. The maximum atomic E-state index is 12.4. The van der Waals surface area contributed by atoms with E-state index in [0.717, 1.165) is 18.2 Å². The van der Waals surface area contributed by atoms with Gasteiger partial charge in [0.15, 0.2) is 0 Å². The minimum Gasteiger partial charge on any atom is -0.478 e. The summed E-state index contributed by atoms with van der Waals surface area (Å²) in [4.78, 5) is 10.7. The van der Waals surface area contributed by atoms with Crippen molar-refractivity contribution in [1.82, 2.24) is 0 Å². The topological polar surface area (TPSA) is 49.3 Å². The number of nitrogens with one attached hydrogen (secondary N) is 1. The third-order valence-corrected chi connectivity index (χ3v) is 1.94. The molecule has 0 radical (unpaired) electrons. The predicted octanol–water partition coefficient (Wildman–Crippen LogP) is 2.84. The summed E-state index contributed by atoms with van der Waals surface area (Å²) in [5.41, 5.74) is -1.06. The van der Waals surface area contributed by atoms with Gasteiger partial charge in [0, 0.05) is 12.2 Å². The molecule has 6 heteroatoms. The van der Waals surface area contributed by atoms with Crippen molar-refractivity contribution in [2.24, 2.45) is 0 Å². The van der Waals surface area contributed by atoms with Crippen LogP contribution in [0.4, 0.5) is 18.9 Å². The second-order valence-electron chi connectivity index (χ2n) is 3.09. The number of alkyl halides is 3. The molecule has 0 aliphatic carbocycles. The van der Waals surface area contributed by atoms with Crippen molar-refractivity contribution in [3.63, 3.8) is 0 Å². The Kier molecular flexibility index (Phi) is 3.41. The lowest BCUT2D eigenvalue weighted by Crippen LogP contribution is -2.10. The largest absolute Gasteiger partial charge is 0.478 e. The first kappa shape index (κ1) is 12.4. The van der Waals surface area contributed by atoms with Gasteiger partial charge in [-0.3, -0.25) is 0 Å². The Morgan fingerprint density at radius 3 is 2.50 bits per heavy atom. The van der Waals surface area contributed by atoms with Crippen molar-refractivity contribution in [2.45, 2.75) is 13.1 Å². The van der Waals surface area contributed by atoms with Gasteiger partial charge in [-0.25, -0.2) is 4.79 Å². The number of halogens is 3. The van der Waals surface area contributed by atoms with Crippen molar-refractivity contribution in [1.29, 1.82) is 0 Å². The lowest BCUT2D eigenvalue weighted by Gasteiger charge is -2.12. The average Bonchev–Trinajstić information content (AvgIpc) is 2.16. The Morgan fingerprint density at radius 1 is 1.44 bits per heavy atom. The SMILES string of the molecule is CCNc1cc(C(F)(F)F)ccc1C(=O)O. The number of carboxylic acids is 1. The highest BCUT2D eigenvalue weighted by molar-refractivity contribution is 5.94. The molecule has 1 aromatic rings. The number of rotatable bonds is 3. The molecule has 0 atom stereocenters. The molecule has 1 aromatic carbocycles. The highest BCUT2D eigenvalue weighted by Gasteiger charge is 2.31. The first-order chi connectivity index (χ1) is 7.36. The molecule has 88 valence electrons. The number of benzene rings is 1. The van der Waals surface area contributed by atoms with E-state index < -0.39 is 17.7 Å². The number of carbonyl (C=O) groups is 1. The monoisotopic (exact) mass is 233 g/mol. The predicted molar refractivity (Wildman–Crippen MR) is 52.6 cm³/mol. The van der Waals surface area contributed by atoms with E-state index in [1.807, 2.05) is 0 Å². The van der Waals surface area contributed by atoms with Crippen molar-refractivity contribution in [3.05, 3.63) is 29.3 Å². The first-order valence-corrected chi connectivity index (χ1v) is 4.54. The van der Waals surface area contributed by atoms with E-state index >= 15 is 0 Å². The lowest BCUT2D eigenvalue weighted by atomic mass is 10.1. The minimum absolute atomic E-state index is 0.0233. The fraction of sp³-hybridized carbons (Fsp3) is 0.300. The number of hydrogen-bond donors (Lipinski definition) is 2. The van der Waals surface area contributed by atoms with Crippen LogP contribution in [-0.4, -0.2) is 17.6 Å². The van der Waals surface area contributed by atoms with E-state index in [0.29, 0.717) is 6.54 Å². The molecule has 0 aliphatic heterocycles. The summed E-state index contributed by atoms with van der Waals surface area (Å²) in [6, 6.07) is 2.50. The Labute approximate surface area is 89.9 Å². The molecule has 0 bridgehead atoms. The molecule has 0 amide bonds. The Bertz CT molecular complexity index is 402. The van der Waals surface area contributed by atoms with Crippen LogP contribution in [0.3, 0.4) is 0 Å². The summed E-state index contributed by atoms with van der Waals surface area (Å²) in [6.45, 7) is 2.02. The molecule has 16 heavy (non-hydrogen) atoms. The fourth-order valence-corrected chi connectivity index (χ4v) is 1.24. The van der Waals surface area contributed by atoms with Crippen LogP contribution >= 0.6 is 0 Å². The second kappa shape index (κ2) is 4.42. The van der Waals surface area contributed by atoms with Gasteiger partial charge < -0.3 is 10.4 Å². The summed E-state index contributed by atoms with van der Waals surface area (Å²) in [5, 5.41) is 11.4. The van der Waals surface area contributed by atoms with Gasteiger partial charge in [-0.05, 0) is 25.1 Å². The Balaban J connectivity index is 3.22. The standard InChI is InChI=1S/C10H10F3NO2/c1-2-14-8-5-6(10(11,12)13)3-4-7(8)9(15)16/h3-5,14H,2H2,1H3,(H,15,16). The van der Waals surface area contributed by atoms with Crippen molar-refractivity contribution < 1.29 is 23.1 Å².